The molecule has 7 nitrogen and oxygen atoms in total. The van der Waals surface area contributed by atoms with Crippen molar-refractivity contribution in [1.82, 2.24) is 10.2 Å². The third-order valence-corrected chi connectivity index (χ3v) is 8.58. The first-order valence-corrected chi connectivity index (χ1v) is 15.2. The van der Waals surface area contributed by atoms with Crippen LogP contribution in [0.3, 0.4) is 0 Å². The van der Waals surface area contributed by atoms with Crippen LogP contribution in [0, 0.1) is 20.8 Å². The summed E-state index contributed by atoms with van der Waals surface area (Å²) in [6.45, 7) is 11.1. The summed E-state index contributed by atoms with van der Waals surface area (Å²) >= 11 is 0. The van der Waals surface area contributed by atoms with Gasteiger partial charge in [-0.1, -0.05) is 72.6 Å². The van der Waals surface area contributed by atoms with Gasteiger partial charge in [0.15, 0.2) is 0 Å². The lowest BCUT2D eigenvalue weighted by Gasteiger charge is -2.34. The van der Waals surface area contributed by atoms with E-state index in [4.69, 9.17) is 0 Å². The average molecular weight is 564 g/mol. The number of anilines is 1. The van der Waals surface area contributed by atoms with Crippen molar-refractivity contribution in [3.05, 3.63) is 95.1 Å². The molecule has 40 heavy (non-hydrogen) atoms. The third kappa shape index (κ3) is 7.72. The first-order valence-electron chi connectivity index (χ1n) is 13.7. The highest BCUT2D eigenvalue weighted by atomic mass is 32.2. The number of hydrogen-bond acceptors (Lipinski definition) is 4. The second-order valence-electron chi connectivity index (χ2n) is 10.5. The molecule has 0 heterocycles. The van der Waals surface area contributed by atoms with Gasteiger partial charge in [0, 0.05) is 12.6 Å². The van der Waals surface area contributed by atoms with E-state index in [9.17, 15) is 18.0 Å². The Labute approximate surface area is 239 Å². The highest BCUT2D eigenvalue weighted by molar-refractivity contribution is 7.92. The summed E-state index contributed by atoms with van der Waals surface area (Å²) in [5, 5.41) is 2.92. The van der Waals surface area contributed by atoms with Gasteiger partial charge < -0.3 is 10.2 Å². The minimum atomic E-state index is -4.09. The molecule has 0 aliphatic carbocycles. The Morgan fingerprint density at radius 3 is 2.08 bits per heavy atom. The number of amides is 2. The van der Waals surface area contributed by atoms with Crippen LogP contribution in [0.2, 0.25) is 0 Å². The molecule has 0 aliphatic rings. The van der Waals surface area contributed by atoms with E-state index >= 15 is 0 Å². The van der Waals surface area contributed by atoms with Gasteiger partial charge in [0.2, 0.25) is 11.8 Å². The topological polar surface area (TPSA) is 86.8 Å². The summed E-state index contributed by atoms with van der Waals surface area (Å²) in [5.74, 6) is -0.685. The standard InChI is InChI=1S/C32H41N3O4S/c1-7-29(32(37)33-23(2)3)34(20-19-27-11-9-8-10-12-27)31(36)22-35(30-18-15-25(5)21-26(30)6)40(38,39)28-16-13-24(4)14-17-28/h8-18,21,23,29H,7,19-20,22H2,1-6H3,(H,33,37)/t29-/m1/s1. The molecule has 8 heteroatoms. The highest BCUT2D eigenvalue weighted by Gasteiger charge is 2.34. The fourth-order valence-electron chi connectivity index (χ4n) is 4.71. The van der Waals surface area contributed by atoms with Crippen molar-refractivity contribution in [3.8, 4) is 0 Å². The molecule has 214 valence electrons. The lowest BCUT2D eigenvalue weighted by atomic mass is 10.1. The van der Waals surface area contributed by atoms with Crippen LogP contribution in [0.4, 0.5) is 5.69 Å². The molecule has 3 rings (SSSR count). The predicted octanol–water partition coefficient (Wildman–Crippen LogP) is 5.18. The molecular weight excluding hydrogens is 522 g/mol. The number of carbonyl (C=O) groups excluding carboxylic acids is 2. The Kier molecular flexibility index (Phi) is 10.5. The van der Waals surface area contributed by atoms with E-state index < -0.39 is 28.5 Å². The Bertz CT molecular complexity index is 1400. The first-order chi connectivity index (χ1) is 18.9. The van der Waals surface area contributed by atoms with E-state index in [-0.39, 0.29) is 23.4 Å². The maximum absolute atomic E-state index is 14.1. The van der Waals surface area contributed by atoms with E-state index in [1.807, 2.05) is 84.0 Å². The lowest BCUT2D eigenvalue weighted by Crippen LogP contribution is -2.54. The minimum absolute atomic E-state index is 0.0961. The zero-order valence-corrected chi connectivity index (χ0v) is 25.2. The summed E-state index contributed by atoms with van der Waals surface area (Å²) in [6.07, 6.45) is 0.930. The number of hydrogen-bond donors (Lipinski definition) is 1. The average Bonchev–Trinajstić information content (AvgIpc) is 2.90. The van der Waals surface area contributed by atoms with Crippen LogP contribution in [0.15, 0.2) is 77.7 Å². The van der Waals surface area contributed by atoms with Gasteiger partial charge in [-0.25, -0.2) is 8.42 Å². The Hall–Kier alpha value is -3.65. The molecule has 1 N–H and O–H groups in total. The second kappa shape index (κ2) is 13.6. The quantitative estimate of drug-likeness (QED) is 0.329. The van der Waals surface area contributed by atoms with Crippen molar-refractivity contribution >= 4 is 27.5 Å². The van der Waals surface area contributed by atoms with Crippen LogP contribution >= 0.6 is 0 Å². The fraction of sp³-hybridized carbons (Fsp3) is 0.375. The number of carbonyl (C=O) groups is 2. The molecule has 0 radical (unpaired) electrons. The summed E-state index contributed by atoms with van der Waals surface area (Å²) in [6, 6.07) is 21.0. The van der Waals surface area contributed by atoms with E-state index in [1.54, 1.807) is 30.3 Å². The first kappa shape index (κ1) is 30.9. The molecule has 0 saturated carbocycles. The van der Waals surface area contributed by atoms with Gasteiger partial charge in [-0.05, 0) is 76.8 Å². The number of nitrogens with zero attached hydrogens (tertiary/aromatic N) is 2. The van der Waals surface area contributed by atoms with Gasteiger partial charge in [-0.2, -0.15) is 0 Å². The number of rotatable bonds is 12. The van der Waals surface area contributed by atoms with E-state index in [0.717, 1.165) is 22.3 Å². The van der Waals surface area contributed by atoms with Crippen molar-refractivity contribution in [2.75, 3.05) is 17.4 Å². The van der Waals surface area contributed by atoms with E-state index in [2.05, 4.69) is 5.32 Å². The molecule has 0 saturated heterocycles. The van der Waals surface area contributed by atoms with Crippen molar-refractivity contribution in [2.45, 2.75) is 71.4 Å². The van der Waals surface area contributed by atoms with Crippen LogP contribution in [-0.4, -0.2) is 50.3 Å². The molecule has 0 fully saturated rings. The Morgan fingerprint density at radius 2 is 1.50 bits per heavy atom. The van der Waals surface area contributed by atoms with Gasteiger partial charge in [0.1, 0.15) is 12.6 Å². The Morgan fingerprint density at radius 1 is 0.875 bits per heavy atom. The zero-order chi connectivity index (χ0) is 29.4. The monoisotopic (exact) mass is 563 g/mol. The molecule has 0 spiro atoms. The molecule has 0 bridgehead atoms. The molecule has 0 unspecified atom stereocenters. The van der Waals surface area contributed by atoms with Crippen LogP contribution < -0.4 is 9.62 Å². The number of sulfonamides is 1. The van der Waals surface area contributed by atoms with Gasteiger partial charge in [0.25, 0.3) is 10.0 Å². The number of nitrogens with one attached hydrogen (secondary N) is 1. The van der Waals surface area contributed by atoms with Crippen LogP contribution in [0.5, 0.6) is 0 Å². The van der Waals surface area contributed by atoms with Crippen molar-refractivity contribution in [3.63, 3.8) is 0 Å². The van der Waals surface area contributed by atoms with Crippen molar-refractivity contribution in [1.29, 1.82) is 0 Å². The SMILES string of the molecule is CC[C@H](C(=O)NC(C)C)N(CCc1ccccc1)C(=O)CN(c1ccc(C)cc1C)S(=O)(=O)c1ccc(C)cc1. The van der Waals surface area contributed by atoms with Gasteiger partial charge in [-0.15, -0.1) is 0 Å². The van der Waals surface area contributed by atoms with E-state index in [0.29, 0.717) is 18.5 Å². The lowest BCUT2D eigenvalue weighted by molar-refractivity contribution is -0.139. The third-order valence-electron chi connectivity index (χ3n) is 6.81. The fourth-order valence-corrected chi connectivity index (χ4v) is 6.19. The molecule has 3 aromatic rings. The maximum Gasteiger partial charge on any atom is 0.264 e. The maximum atomic E-state index is 14.1. The normalized spacial score (nSPS) is 12.2. The molecule has 2 amide bonds. The zero-order valence-electron chi connectivity index (χ0n) is 24.3. The molecular formula is C32H41N3O4S. The summed E-state index contributed by atoms with van der Waals surface area (Å²) in [4.78, 5) is 28.9. The Balaban J connectivity index is 2.04. The smallest absolute Gasteiger partial charge is 0.264 e. The molecule has 3 aromatic carbocycles. The van der Waals surface area contributed by atoms with E-state index in [1.165, 1.54) is 9.21 Å². The van der Waals surface area contributed by atoms with Gasteiger partial charge in [0.05, 0.1) is 10.6 Å². The highest BCUT2D eigenvalue weighted by Crippen LogP contribution is 2.28. The van der Waals surface area contributed by atoms with Gasteiger partial charge >= 0.3 is 0 Å². The van der Waals surface area contributed by atoms with Crippen LogP contribution in [0.1, 0.15) is 49.4 Å². The van der Waals surface area contributed by atoms with Crippen molar-refractivity contribution < 1.29 is 18.0 Å². The number of aryl methyl sites for hydroxylation is 3. The number of benzene rings is 3. The minimum Gasteiger partial charge on any atom is -0.352 e. The summed E-state index contributed by atoms with van der Waals surface area (Å²) in [5.41, 5.74) is 4.12. The second-order valence-corrected chi connectivity index (χ2v) is 12.4. The van der Waals surface area contributed by atoms with Crippen LogP contribution in [-0.2, 0) is 26.0 Å². The molecule has 0 aromatic heterocycles. The summed E-state index contributed by atoms with van der Waals surface area (Å²) in [7, 11) is -4.09. The van der Waals surface area contributed by atoms with Gasteiger partial charge in [-0.3, -0.25) is 13.9 Å². The predicted molar refractivity (Wildman–Crippen MR) is 161 cm³/mol. The molecule has 1 atom stereocenters. The largest absolute Gasteiger partial charge is 0.352 e. The van der Waals surface area contributed by atoms with Crippen LogP contribution in [0.25, 0.3) is 0 Å². The summed E-state index contributed by atoms with van der Waals surface area (Å²) < 4.78 is 29.2. The molecule has 0 aliphatic heterocycles. The van der Waals surface area contributed by atoms with Crippen molar-refractivity contribution in [2.24, 2.45) is 0 Å².